The third-order valence-electron chi connectivity index (χ3n) is 3.62. The molecule has 1 saturated carbocycles. The molecule has 1 aliphatic carbocycles. The molecule has 0 aliphatic heterocycles. The van der Waals surface area contributed by atoms with Crippen molar-refractivity contribution in [1.29, 1.82) is 0 Å². The van der Waals surface area contributed by atoms with Crippen molar-refractivity contribution in [3.8, 4) is 0 Å². The van der Waals surface area contributed by atoms with Gasteiger partial charge in [0.05, 0.1) is 0 Å². The van der Waals surface area contributed by atoms with Gasteiger partial charge in [0.2, 0.25) is 0 Å². The van der Waals surface area contributed by atoms with Crippen molar-refractivity contribution < 1.29 is 33.8 Å². The van der Waals surface area contributed by atoms with Crippen LogP contribution in [0.25, 0.3) is 0 Å². The van der Waals surface area contributed by atoms with E-state index < -0.39 is 20.3 Å². The van der Waals surface area contributed by atoms with Gasteiger partial charge >= 0.3 is 74.3 Å². The van der Waals surface area contributed by atoms with Gasteiger partial charge in [0.25, 0.3) is 5.08 Å². The molecule has 0 aromatic rings. The molecule has 0 unspecified atom stereocenters. The number of hydrogen-bond acceptors (Lipinski definition) is 3. The molecule has 0 aromatic heterocycles. The first kappa shape index (κ1) is 27.2. The summed E-state index contributed by atoms with van der Waals surface area (Å²) in [6.07, 6.45) is 2.39. The van der Waals surface area contributed by atoms with E-state index in [9.17, 15) is 33.8 Å². The molecule has 1 rings (SSSR count). The molecule has 0 bridgehead atoms. The Labute approximate surface area is 181 Å². The molecule has 0 heterocycles. The van der Waals surface area contributed by atoms with Gasteiger partial charge < -0.3 is 24.7 Å². The first-order valence-electron chi connectivity index (χ1n) is 6.53. The molecule has 128 valence electrons. The number of allylic oxidation sites excluding steroid dienone is 1. The van der Waals surface area contributed by atoms with E-state index in [1.165, 1.54) is 0 Å². The zero-order chi connectivity index (χ0) is 16.9. The number of rotatable bonds is 3. The maximum absolute atomic E-state index is 11.4. The van der Waals surface area contributed by atoms with E-state index >= 15 is 0 Å². The Balaban J connectivity index is 0. The molecule has 0 atom stereocenters. The quantitative estimate of drug-likeness (QED) is 0.274. The maximum atomic E-state index is 11.4. The molecule has 5 N–H and O–H groups in total. The molecule has 11 heteroatoms. The summed E-state index contributed by atoms with van der Waals surface area (Å²) in [7, 11) is -10.9. The van der Waals surface area contributed by atoms with E-state index in [0.717, 1.165) is 6.42 Å². The summed E-state index contributed by atoms with van der Waals surface area (Å²) in [5, 5.41) is 6.51. The molecular weight excluding hydrogens is 364 g/mol. The Morgan fingerprint density at radius 2 is 1.22 bits per heavy atom. The van der Waals surface area contributed by atoms with Crippen molar-refractivity contribution in [2.45, 2.75) is 52.0 Å². The fraction of sp³-hybridized carbons (Fsp3) is 0.833. The van der Waals surface area contributed by atoms with Gasteiger partial charge in [-0.15, -0.1) is 0 Å². The van der Waals surface area contributed by atoms with E-state index in [1.807, 2.05) is 27.7 Å². The molecule has 23 heavy (non-hydrogen) atoms. The first-order valence-corrected chi connectivity index (χ1v) is 9.76. The van der Waals surface area contributed by atoms with Crippen molar-refractivity contribution in [2.24, 2.45) is 10.8 Å². The predicted molar refractivity (Wildman–Crippen MR) is 92.8 cm³/mol. The van der Waals surface area contributed by atoms with Crippen LogP contribution in [0.5, 0.6) is 0 Å². The summed E-state index contributed by atoms with van der Waals surface area (Å²) in [5.41, 5.74) is 0.0849. The van der Waals surface area contributed by atoms with Crippen molar-refractivity contribution >= 4 is 74.3 Å². The molecule has 1 aliphatic rings. The predicted octanol–water partition coefficient (Wildman–Crippen LogP) is 0.854. The minimum absolute atomic E-state index is 0. The average Bonchev–Trinajstić information content (AvgIpc) is 2.07. The summed E-state index contributed by atoms with van der Waals surface area (Å²) in [5.74, 6) is 0. The Kier molecular flexibility index (Phi) is 9.88. The molecule has 0 radical (unpaired) electrons. The second-order valence-corrected chi connectivity index (χ2v) is 11.3. The van der Waals surface area contributed by atoms with Crippen LogP contribution in [0.2, 0.25) is 0 Å². The summed E-state index contributed by atoms with van der Waals surface area (Å²) in [4.78, 5) is 36.7. The topological polar surface area (TPSA) is 135 Å². The van der Waals surface area contributed by atoms with Crippen LogP contribution in [0.15, 0.2) is 11.6 Å². The van der Waals surface area contributed by atoms with Crippen LogP contribution >= 0.6 is 15.2 Å². The Morgan fingerprint density at radius 1 is 0.913 bits per heavy atom. The number of hydrogen-bond donors (Lipinski definition) is 5. The monoisotopic (exact) mass is 390 g/mol. The molecule has 0 saturated heterocycles. The standard InChI is InChI=1S/C12H24O7P2.2Na.2H/c1-10(2)5-9(6-11(3,4)8-10)7-12(13,20(14,15)16)21(17,18)19;;;;/h7,13H,5-6,8H2,1-4H3,(H2,14,15,16)(H2,17,18,19);;;;. The number of aliphatic hydroxyl groups is 1. The Morgan fingerprint density at radius 3 is 1.48 bits per heavy atom. The van der Waals surface area contributed by atoms with Crippen LogP contribution in [0.4, 0.5) is 0 Å². The zero-order valence-electron chi connectivity index (χ0n) is 12.6. The SMILES string of the molecule is CC1(C)CC(=CC(O)(P(=O)(O)O)P(=O)(O)O)CC(C)(C)C1.[NaH].[NaH]. The Hall–Kier alpha value is 2.00. The molecule has 1 fully saturated rings. The van der Waals surface area contributed by atoms with Crippen LogP contribution < -0.4 is 0 Å². The third kappa shape index (κ3) is 6.91. The van der Waals surface area contributed by atoms with Crippen molar-refractivity contribution in [1.82, 2.24) is 0 Å². The van der Waals surface area contributed by atoms with Crippen LogP contribution in [-0.2, 0) is 9.13 Å². The molecule has 0 spiro atoms. The molecular formula is C12H26Na2O7P2. The van der Waals surface area contributed by atoms with Crippen molar-refractivity contribution in [2.75, 3.05) is 0 Å². The normalized spacial score (nSPS) is 21.0. The summed E-state index contributed by atoms with van der Waals surface area (Å²) < 4.78 is 22.8. The van der Waals surface area contributed by atoms with Crippen LogP contribution in [0, 0.1) is 10.8 Å². The fourth-order valence-electron chi connectivity index (χ4n) is 3.43. The van der Waals surface area contributed by atoms with Gasteiger partial charge in [-0.1, -0.05) is 33.3 Å². The van der Waals surface area contributed by atoms with Gasteiger partial charge in [0, 0.05) is 0 Å². The fourth-order valence-corrected chi connectivity index (χ4v) is 5.49. The molecule has 0 aromatic carbocycles. The molecule has 7 nitrogen and oxygen atoms in total. The second-order valence-electron chi connectivity index (χ2n) is 7.44. The van der Waals surface area contributed by atoms with Gasteiger partial charge in [-0.2, -0.15) is 0 Å². The van der Waals surface area contributed by atoms with Gasteiger partial charge in [-0.25, -0.2) is 0 Å². The minimum atomic E-state index is -5.44. The zero-order valence-corrected chi connectivity index (χ0v) is 14.4. The van der Waals surface area contributed by atoms with Gasteiger partial charge in [-0.3, -0.25) is 9.13 Å². The van der Waals surface area contributed by atoms with Crippen LogP contribution in [0.3, 0.4) is 0 Å². The van der Waals surface area contributed by atoms with Crippen molar-refractivity contribution in [3.05, 3.63) is 11.6 Å². The Bertz CT molecular complexity index is 508. The second kappa shape index (κ2) is 8.35. The van der Waals surface area contributed by atoms with E-state index in [0.29, 0.717) is 24.5 Å². The summed E-state index contributed by atoms with van der Waals surface area (Å²) >= 11 is 0. The summed E-state index contributed by atoms with van der Waals surface area (Å²) in [6.45, 7) is 7.87. The van der Waals surface area contributed by atoms with Gasteiger partial charge in [0.15, 0.2) is 0 Å². The average molecular weight is 390 g/mol. The van der Waals surface area contributed by atoms with Crippen molar-refractivity contribution in [3.63, 3.8) is 0 Å². The first-order chi connectivity index (χ1) is 8.99. The van der Waals surface area contributed by atoms with Crippen LogP contribution in [0.1, 0.15) is 47.0 Å². The summed E-state index contributed by atoms with van der Waals surface area (Å²) in [6, 6.07) is 0. The van der Waals surface area contributed by atoms with Crippen LogP contribution in [-0.4, -0.2) is 88.9 Å². The van der Waals surface area contributed by atoms with Gasteiger partial charge in [-0.05, 0) is 36.2 Å². The third-order valence-corrected chi connectivity index (χ3v) is 7.16. The van der Waals surface area contributed by atoms with E-state index in [2.05, 4.69) is 0 Å². The van der Waals surface area contributed by atoms with Gasteiger partial charge in [0.1, 0.15) is 0 Å². The van der Waals surface area contributed by atoms with E-state index in [1.54, 1.807) is 0 Å². The molecule has 0 amide bonds. The van der Waals surface area contributed by atoms with E-state index in [4.69, 9.17) is 0 Å². The van der Waals surface area contributed by atoms with E-state index in [-0.39, 0.29) is 69.9 Å².